The predicted octanol–water partition coefficient (Wildman–Crippen LogP) is 1.59. The Morgan fingerprint density at radius 2 is 2.14 bits per heavy atom. The van der Waals surface area contributed by atoms with E-state index < -0.39 is 17.2 Å². The van der Waals surface area contributed by atoms with Gasteiger partial charge in [-0.1, -0.05) is 5.16 Å². The fraction of sp³-hybridized carbons (Fsp3) is 0.450. The molecule has 0 bridgehead atoms. The van der Waals surface area contributed by atoms with Gasteiger partial charge in [0.1, 0.15) is 18.5 Å². The molecule has 0 amide bonds. The normalized spacial score (nSPS) is 21.7. The van der Waals surface area contributed by atoms with Crippen LogP contribution >= 0.6 is 0 Å². The number of oxime groups is 1. The summed E-state index contributed by atoms with van der Waals surface area (Å²) in [7, 11) is 1.50. The summed E-state index contributed by atoms with van der Waals surface area (Å²) in [6.07, 6.45) is 3.21. The van der Waals surface area contributed by atoms with Crippen molar-refractivity contribution in [1.29, 1.82) is 0 Å². The summed E-state index contributed by atoms with van der Waals surface area (Å²) < 4.78 is 16.9. The summed E-state index contributed by atoms with van der Waals surface area (Å²) in [6.45, 7) is 2.57. The van der Waals surface area contributed by atoms with Crippen molar-refractivity contribution in [2.45, 2.75) is 18.9 Å². The molecule has 9 heteroatoms. The third kappa shape index (κ3) is 2.71. The highest BCUT2D eigenvalue weighted by Crippen LogP contribution is 2.40. The minimum Gasteiger partial charge on any atom is -0.477 e. The molecule has 1 aromatic heterocycles. The molecular formula is C20H21FN4O4. The molecule has 0 atom stereocenters. The van der Waals surface area contributed by atoms with E-state index in [1.165, 1.54) is 19.4 Å². The number of pyridine rings is 1. The Morgan fingerprint density at radius 1 is 1.38 bits per heavy atom. The monoisotopic (exact) mass is 400 g/mol. The zero-order valence-corrected chi connectivity index (χ0v) is 15.9. The number of nitrogens with one attached hydrogen (secondary N) is 1. The van der Waals surface area contributed by atoms with Crippen LogP contribution in [0.25, 0.3) is 10.9 Å². The van der Waals surface area contributed by atoms with E-state index >= 15 is 4.39 Å². The number of anilines is 1. The van der Waals surface area contributed by atoms with Crippen molar-refractivity contribution in [2.75, 3.05) is 38.2 Å². The number of benzene rings is 1. The average molecular weight is 400 g/mol. The van der Waals surface area contributed by atoms with Crippen molar-refractivity contribution in [1.82, 2.24) is 9.88 Å². The number of nitrogens with zero attached hydrogens (tertiary/aromatic N) is 3. The second kappa shape index (κ2) is 6.28. The van der Waals surface area contributed by atoms with Gasteiger partial charge in [-0.3, -0.25) is 4.79 Å². The lowest BCUT2D eigenvalue weighted by Crippen LogP contribution is -2.58. The molecule has 1 aliphatic carbocycles. The van der Waals surface area contributed by atoms with E-state index in [-0.39, 0.29) is 22.4 Å². The number of halogens is 1. The minimum absolute atomic E-state index is 0.100. The maximum Gasteiger partial charge on any atom is 0.341 e. The first-order valence-electron chi connectivity index (χ1n) is 9.61. The summed E-state index contributed by atoms with van der Waals surface area (Å²) in [5.74, 6) is -1.84. The van der Waals surface area contributed by atoms with E-state index in [0.717, 1.165) is 31.6 Å². The Bertz CT molecular complexity index is 1120. The van der Waals surface area contributed by atoms with Crippen LogP contribution in [0.5, 0.6) is 0 Å². The Morgan fingerprint density at radius 3 is 2.72 bits per heavy atom. The zero-order chi connectivity index (χ0) is 20.3. The van der Waals surface area contributed by atoms with Crippen LogP contribution in [0.4, 0.5) is 10.1 Å². The van der Waals surface area contributed by atoms with Crippen LogP contribution in [-0.2, 0) is 4.84 Å². The molecule has 29 heavy (non-hydrogen) atoms. The fourth-order valence-electron chi connectivity index (χ4n) is 4.42. The summed E-state index contributed by atoms with van der Waals surface area (Å²) in [4.78, 5) is 31.0. The Balaban J connectivity index is 1.65. The number of aromatic nitrogens is 1. The summed E-state index contributed by atoms with van der Waals surface area (Å²) >= 11 is 0. The molecule has 5 rings (SSSR count). The van der Waals surface area contributed by atoms with Crippen LogP contribution in [0, 0.1) is 11.2 Å². The molecule has 1 saturated carbocycles. The topological polar surface area (TPSA) is 96.2 Å². The van der Waals surface area contributed by atoms with E-state index in [9.17, 15) is 14.7 Å². The van der Waals surface area contributed by atoms with Crippen LogP contribution in [0.3, 0.4) is 0 Å². The molecule has 2 aliphatic heterocycles. The molecule has 2 N–H and O–H groups in total. The third-order valence-electron chi connectivity index (χ3n) is 6.19. The second-order valence-corrected chi connectivity index (χ2v) is 8.10. The Labute approximate surface area is 165 Å². The first kappa shape index (κ1) is 18.1. The van der Waals surface area contributed by atoms with Crippen molar-refractivity contribution in [3.8, 4) is 0 Å². The first-order chi connectivity index (χ1) is 13.9. The van der Waals surface area contributed by atoms with Gasteiger partial charge in [-0.25, -0.2) is 9.18 Å². The largest absolute Gasteiger partial charge is 0.477 e. The van der Waals surface area contributed by atoms with Crippen LogP contribution in [0.15, 0.2) is 28.3 Å². The van der Waals surface area contributed by atoms with Gasteiger partial charge < -0.3 is 24.7 Å². The van der Waals surface area contributed by atoms with Gasteiger partial charge in [0, 0.05) is 37.3 Å². The van der Waals surface area contributed by atoms with Crippen molar-refractivity contribution < 1.29 is 19.1 Å². The molecule has 2 aromatic rings. The molecule has 1 spiro atoms. The second-order valence-electron chi connectivity index (χ2n) is 8.10. The predicted molar refractivity (Wildman–Crippen MR) is 105 cm³/mol. The molecule has 1 aromatic carbocycles. The molecule has 0 radical (unpaired) electrons. The highest BCUT2D eigenvalue weighted by molar-refractivity contribution is 5.99. The van der Waals surface area contributed by atoms with E-state index in [4.69, 9.17) is 4.84 Å². The molecule has 0 unspecified atom stereocenters. The van der Waals surface area contributed by atoms with Crippen LogP contribution in [-0.4, -0.2) is 54.6 Å². The molecule has 3 fully saturated rings. The van der Waals surface area contributed by atoms with Gasteiger partial charge in [0.15, 0.2) is 0 Å². The van der Waals surface area contributed by atoms with Gasteiger partial charge in [-0.15, -0.1) is 0 Å². The standard InChI is InChI=1S/C20H21FN4O4/c1-29-23-17-7-24(10-20(17)8-22-9-20)16-5-15-12(4-14(16)21)18(26)13(19(27)28)6-25(15)11-2-3-11/h4-6,11,22H,2-3,7-10H2,1H3,(H,27,28). The molecular weight excluding hydrogens is 379 g/mol. The number of carboxylic acid groups (broad SMARTS) is 1. The van der Waals surface area contributed by atoms with Gasteiger partial charge in [-0.05, 0) is 25.0 Å². The highest BCUT2D eigenvalue weighted by atomic mass is 19.1. The summed E-state index contributed by atoms with van der Waals surface area (Å²) in [5.41, 5.74) is 0.683. The van der Waals surface area contributed by atoms with Crippen LogP contribution in [0.1, 0.15) is 29.2 Å². The van der Waals surface area contributed by atoms with Gasteiger partial charge >= 0.3 is 5.97 Å². The van der Waals surface area contributed by atoms with Crippen molar-refractivity contribution >= 4 is 28.3 Å². The first-order valence-corrected chi connectivity index (χ1v) is 9.61. The zero-order valence-electron chi connectivity index (χ0n) is 15.9. The SMILES string of the molecule is CON=C1CN(c2cc3c(cc2F)c(=O)c(C(=O)O)cn3C2CC2)CC12CNC2. The quantitative estimate of drug-likeness (QED) is 0.757. The molecule has 3 heterocycles. The van der Waals surface area contributed by atoms with Crippen LogP contribution in [0.2, 0.25) is 0 Å². The van der Waals surface area contributed by atoms with E-state index in [1.54, 1.807) is 6.07 Å². The van der Waals surface area contributed by atoms with Gasteiger partial charge in [0.05, 0.1) is 28.9 Å². The maximum absolute atomic E-state index is 15.1. The number of aromatic carboxylic acids is 1. The summed E-state index contributed by atoms with van der Waals surface area (Å²) in [5, 5.41) is 16.9. The average Bonchev–Trinajstić information content (AvgIpc) is 3.42. The summed E-state index contributed by atoms with van der Waals surface area (Å²) in [6, 6.07) is 2.99. The van der Waals surface area contributed by atoms with Crippen molar-refractivity contribution in [3.05, 3.63) is 39.9 Å². The highest BCUT2D eigenvalue weighted by Gasteiger charge is 2.49. The van der Waals surface area contributed by atoms with E-state index in [0.29, 0.717) is 24.3 Å². The van der Waals surface area contributed by atoms with Gasteiger partial charge in [0.25, 0.3) is 0 Å². The Kier molecular flexibility index (Phi) is 3.92. The smallest absolute Gasteiger partial charge is 0.341 e. The lowest BCUT2D eigenvalue weighted by molar-refractivity contribution is 0.0695. The Hall–Kier alpha value is -2.94. The number of carbonyl (C=O) groups is 1. The number of hydrogen-bond acceptors (Lipinski definition) is 6. The lowest BCUT2D eigenvalue weighted by Gasteiger charge is -2.38. The molecule has 8 nitrogen and oxygen atoms in total. The third-order valence-corrected chi connectivity index (χ3v) is 6.19. The molecule has 152 valence electrons. The van der Waals surface area contributed by atoms with E-state index in [1.807, 2.05) is 9.47 Å². The number of carboxylic acids is 1. The van der Waals surface area contributed by atoms with Crippen molar-refractivity contribution in [3.63, 3.8) is 0 Å². The number of rotatable bonds is 4. The number of hydrogen-bond donors (Lipinski definition) is 2. The fourth-order valence-corrected chi connectivity index (χ4v) is 4.42. The number of fused-ring (bicyclic) bond motifs is 1. The van der Waals surface area contributed by atoms with Gasteiger partial charge in [-0.2, -0.15) is 0 Å². The van der Waals surface area contributed by atoms with Crippen LogP contribution < -0.4 is 15.6 Å². The maximum atomic E-state index is 15.1. The molecule has 2 saturated heterocycles. The van der Waals surface area contributed by atoms with Crippen molar-refractivity contribution in [2.24, 2.45) is 10.6 Å². The van der Waals surface area contributed by atoms with E-state index in [2.05, 4.69) is 10.5 Å². The van der Waals surface area contributed by atoms with Gasteiger partial charge in [0.2, 0.25) is 5.43 Å². The minimum atomic E-state index is -1.30. The molecule has 3 aliphatic rings. The lowest BCUT2D eigenvalue weighted by atomic mass is 9.79.